The van der Waals surface area contributed by atoms with E-state index < -0.39 is 54.4 Å². The molecule has 2 aromatic rings. The van der Waals surface area contributed by atoms with Gasteiger partial charge in [0.15, 0.2) is 18.5 Å². The first-order valence-corrected chi connectivity index (χ1v) is 9.71. The monoisotopic (exact) mass is 450 g/mol. The first-order chi connectivity index (χ1) is 15.1. The Morgan fingerprint density at radius 2 is 1.47 bits per heavy atom. The molecule has 11 nitrogen and oxygen atoms in total. The summed E-state index contributed by atoms with van der Waals surface area (Å²) < 4.78 is 16.9. The minimum Gasteiger partial charge on any atom is -0.508 e. The molecule has 2 heterocycles. The third kappa shape index (κ3) is 3.80. The molecular formula is C21H22O11. The Balaban J connectivity index is 1.76. The van der Waals surface area contributed by atoms with Crippen molar-refractivity contribution >= 4 is 5.78 Å². The highest BCUT2D eigenvalue weighted by Crippen LogP contribution is 2.44. The number of rotatable bonds is 3. The van der Waals surface area contributed by atoms with E-state index in [1.807, 2.05) is 0 Å². The predicted octanol–water partition coefficient (Wildman–Crippen LogP) is 0.0381. The Labute approximate surface area is 181 Å². The van der Waals surface area contributed by atoms with Crippen LogP contribution in [0.3, 0.4) is 0 Å². The second kappa shape index (κ2) is 8.11. The number of aliphatic hydroxyl groups is 3. The zero-order chi connectivity index (χ0) is 23.3. The summed E-state index contributed by atoms with van der Waals surface area (Å²) in [6.07, 6.45) is -10.1. The van der Waals surface area contributed by atoms with E-state index in [1.54, 1.807) is 0 Å². The number of phenols is 4. The number of hydrogen-bond donors (Lipinski definition) is 7. The lowest BCUT2D eigenvalue weighted by Gasteiger charge is -2.42. The van der Waals surface area contributed by atoms with Crippen LogP contribution in [0, 0.1) is 0 Å². The minimum absolute atomic E-state index is 0.105. The van der Waals surface area contributed by atoms with Crippen molar-refractivity contribution in [1.29, 1.82) is 0 Å². The Bertz CT molecular complexity index is 1020. The van der Waals surface area contributed by atoms with Gasteiger partial charge in [0.05, 0.1) is 6.10 Å². The Hall–Kier alpha value is -3.09. The highest BCUT2D eigenvalue weighted by Gasteiger charge is 2.48. The molecule has 172 valence electrons. The van der Waals surface area contributed by atoms with E-state index in [2.05, 4.69) is 0 Å². The summed E-state index contributed by atoms with van der Waals surface area (Å²) in [4.78, 5) is 13.3. The molecule has 7 N–H and O–H groups in total. The summed E-state index contributed by atoms with van der Waals surface area (Å²) >= 11 is 0. The van der Waals surface area contributed by atoms with E-state index in [1.165, 1.54) is 19.1 Å². The topological polar surface area (TPSA) is 186 Å². The number of carbonyl (C=O) groups excluding carboxylic acids is 1. The number of aromatic hydroxyl groups is 4. The number of phenolic OH excluding ortho intramolecular Hbond substituents is 4. The molecule has 0 spiro atoms. The van der Waals surface area contributed by atoms with E-state index in [0.717, 1.165) is 18.2 Å². The minimum atomic E-state index is -1.72. The first-order valence-electron chi connectivity index (χ1n) is 9.71. The fourth-order valence-electron chi connectivity index (χ4n) is 3.83. The lowest BCUT2D eigenvalue weighted by molar-refractivity contribution is -0.304. The van der Waals surface area contributed by atoms with Gasteiger partial charge in [-0.2, -0.15) is 0 Å². The van der Waals surface area contributed by atoms with Gasteiger partial charge in [-0.3, -0.25) is 4.79 Å². The summed E-state index contributed by atoms with van der Waals surface area (Å²) in [7, 11) is 0. The fraction of sp³-hybridized carbons (Fsp3) is 0.381. The average molecular weight is 450 g/mol. The molecule has 0 aliphatic carbocycles. The molecule has 7 atom stereocenters. The van der Waals surface area contributed by atoms with Gasteiger partial charge >= 0.3 is 0 Å². The molecule has 4 rings (SSSR count). The molecule has 0 radical (unpaired) electrons. The highest BCUT2D eigenvalue weighted by atomic mass is 16.7. The lowest BCUT2D eigenvalue weighted by atomic mass is 9.92. The number of Topliss-reactive ketones (excluding diaryl/α,β-unsaturated/α-hetero) is 1. The normalized spacial score (nSPS) is 32.2. The van der Waals surface area contributed by atoms with Gasteiger partial charge < -0.3 is 50.0 Å². The Morgan fingerprint density at radius 1 is 0.844 bits per heavy atom. The molecule has 32 heavy (non-hydrogen) atoms. The van der Waals surface area contributed by atoms with Crippen LogP contribution in [0.2, 0.25) is 0 Å². The molecule has 0 saturated carbocycles. The summed E-state index contributed by atoms with van der Waals surface area (Å²) in [5.41, 5.74) is -0.194. The molecule has 0 aromatic heterocycles. The second-order valence-corrected chi connectivity index (χ2v) is 7.76. The summed E-state index contributed by atoms with van der Waals surface area (Å²) in [5.74, 6) is -2.59. The molecule has 0 bridgehead atoms. The van der Waals surface area contributed by atoms with Crippen molar-refractivity contribution in [2.75, 3.05) is 0 Å². The van der Waals surface area contributed by atoms with Gasteiger partial charge in [-0.05, 0) is 19.1 Å². The summed E-state index contributed by atoms with van der Waals surface area (Å²) in [6.45, 7) is 1.43. The van der Waals surface area contributed by atoms with Crippen molar-refractivity contribution in [3.8, 4) is 28.7 Å². The number of carbonyl (C=O) groups is 1. The fourth-order valence-corrected chi connectivity index (χ4v) is 3.83. The SMILES string of the molecule is C[C@@H]1O[C@H](O[C@@H]2C(=O)c3c(O)cc(O)cc3O[C@@H]2c2cc(O)cc(O)c2)[C@H](O)[C@H](O)[C@H]1O. The number of hydrogen-bond acceptors (Lipinski definition) is 11. The van der Waals surface area contributed by atoms with Crippen LogP contribution in [-0.2, 0) is 9.47 Å². The van der Waals surface area contributed by atoms with Crippen LogP contribution in [0.15, 0.2) is 30.3 Å². The molecule has 1 fully saturated rings. The summed E-state index contributed by atoms with van der Waals surface area (Å²) in [6, 6.07) is 5.52. The number of aliphatic hydroxyl groups excluding tert-OH is 3. The van der Waals surface area contributed by atoms with Crippen LogP contribution < -0.4 is 4.74 Å². The zero-order valence-electron chi connectivity index (χ0n) is 16.7. The highest BCUT2D eigenvalue weighted by molar-refractivity contribution is 6.05. The van der Waals surface area contributed by atoms with Crippen molar-refractivity contribution in [3.05, 3.63) is 41.5 Å². The van der Waals surface area contributed by atoms with E-state index >= 15 is 0 Å². The Kier molecular flexibility index (Phi) is 5.61. The van der Waals surface area contributed by atoms with Crippen molar-refractivity contribution in [2.24, 2.45) is 0 Å². The molecule has 2 aliphatic heterocycles. The van der Waals surface area contributed by atoms with Gasteiger partial charge in [-0.1, -0.05) is 0 Å². The van der Waals surface area contributed by atoms with Crippen LogP contribution in [0.1, 0.15) is 28.9 Å². The molecular weight excluding hydrogens is 428 g/mol. The van der Waals surface area contributed by atoms with Crippen molar-refractivity contribution in [3.63, 3.8) is 0 Å². The van der Waals surface area contributed by atoms with Crippen molar-refractivity contribution in [2.45, 2.75) is 49.8 Å². The largest absolute Gasteiger partial charge is 0.508 e. The first kappa shape index (κ1) is 22.1. The number of fused-ring (bicyclic) bond motifs is 1. The van der Waals surface area contributed by atoms with Crippen LogP contribution in [-0.4, -0.2) is 78.3 Å². The van der Waals surface area contributed by atoms with Crippen LogP contribution in [0.4, 0.5) is 0 Å². The molecule has 2 aliphatic rings. The molecule has 0 amide bonds. The van der Waals surface area contributed by atoms with Gasteiger partial charge in [-0.25, -0.2) is 0 Å². The van der Waals surface area contributed by atoms with E-state index in [9.17, 15) is 40.5 Å². The third-order valence-electron chi connectivity index (χ3n) is 5.44. The smallest absolute Gasteiger partial charge is 0.203 e. The van der Waals surface area contributed by atoms with Crippen LogP contribution >= 0.6 is 0 Å². The maximum Gasteiger partial charge on any atom is 0.203 e. The van der Waals surface area contributed by atoms with E-state index in [-0.39, 0.29) is 34.1 Å². The predicted molar refractivity (Wildman–Crippen MR) is 104 cm³/mol. The van der Waals surface area contributed by atoms with Gasteiger partial charge in [-0.15, -0.1) is 0 Å². The van der Waals surface area contributed by atoms with Crippen LogP contribution in [0.25, 0.3) is 0 Å². The number of ether oxygens (including phenoxy) is 3. The van der Waals surface area contributed by atoms with Gasteiger partial charge in [0, 0.05) is 23.8 Å². The molecule has 2 aromatic carbocycles. The summed E-state index contributed by atoms with van der Waals surface area (Å²) in [5, 5.41) is 70.0. The number of ketones is 1. The van der Waals surface area contributed by atoms with Crippen LogP contribution in [0.5, 0.6) is 28.7 Å². The van der Waals surface area contributed by atoms with Gasteiger partial charge in [0.1, 0.15) is 52.6 Å². The number of benzene rings is 2. The van der Waals surface area contributed by atoms with Crippen molar-refractivity contribution < 1.29 is 54.8 Å². The van der Waals surface area contributed by atoms with Crippen molar-refractivity contribution in [1.82, 2.24) is 0 Å². The molecule has 11 heteroatoms. The quantitative estimate of drug-likeness (QED) is 0.335. The second-order valence-electron chi connectivity index (χ2n) is 7.76. The standard InChI is InChI=1S/C21H22O11/c1-7-15(26)17(28)18(29)21(30-7)32-20-16(27)14-12(25)5-11(24)6-13(14)31-19(20)8-2-9(22)4-10(23)3-8/h2-7,15,17-26,28-29H,1H3/t7-,15-,17+,18+,19+,20+,21+/m0/s1. The average Bonchev–Trinajstić information content (AvgIpc) is 2.70. The maximum atomic E-state index is 13.3. The van der Waals surface area contributed by atoms with Gasteiger partial charge in [0.25, 0.3) is 0 Å². The zero-order valence-corrected chi connectivity index (χ0v) is 16.7. The maximum absolute atomic E-state index is 13.3. The van der Waals surface area contributed by atoms with E-state index in [0.29, 0.717) is 0 Å². The van der Waals surface area contributed by atoms with E-state index in [4.69, 9.17) is 14.2 Å². The molecule has 0 unspecified atom stereocenters. The lowest BCUT2D eigenvalue weighted by Crippen LogP contribution is -2.59. The Morgan fingerprint density at radius 3 is 2.12 bits per heavy atom. The van der Waals surface area contributed by atoms with Gasteiger partial charge in [0.2, 0.25) is 5.78 Å². The molecule has 1 saturated heterocycles. The third-order valence-corrected chi connectivity index (χ3v) is 5.44.